The van der Waals surface area contributed by atoms with Gasteiger partial charge in [-0.1, -0.05) is 13.8 Å². The zero-order chi connectivity index (χ0) is 18.2. The van der Waals surface area contributed by atoms with Crippen molar-refractivity contribution in [3.8, 4) is 5.88 Å². The van der Waals surface area contributed by atoms with E-state index in [1.165, 1.54) is 5.69 Å². The van der Waals surface area contributed by atoms with E-state index in [0.717, 1.165) is 25.0 Å². The van der Waals surface area contributed by atoms with Gasteiger partial charge in [-0.15, -0.1) is 5.10 Å². The first-order chi connectivity index (χ1) is 11.7. The number of nitrogens with two attached hydrogens (primary N) is 1. The minimum Gasteiger partial charge on any atom is -0.473 e. The summed E-state index contributed by atoms with van der Waals surface area (Å²) in [6.07, 6.45) is 3.19. The van der Waals surface area contributed by atoms with Gasteiger partial charge >= 0.3 is 0 Å². The van der Waals surface area contributed by atoms with Crippen LogP contribution in [0, 0.1) is 0 Å². The quantitative estimate of drug-likeness (QED) is 0.912. The van der Waals surface area contributed by atoms with Gasteiger partial charge in [-0.3, -0.25) is 4.68 Å². The van der Waals surface area contributed by atoms with E-state index in [1.807, 2.05) is 18.2 Å². The van der Waals surface area contributed by atoms with Crippen molar-refractivity contribution in [3.05, 3.63) is 29.6 Å². The fraction of sp³-hybridized carbons (Fsp3) is 0.632. The van der Waals surface area contributed by atoms with Crippen molar-refractivity contribution < 1.29 is 4.74 Å². The van der Waals surface area contributed by atoms with Crippen LogP contribution in [0.1, 0.15) is 77.1 Å². The lowest BCUT2D eigenvalue weighted by molar-refractivity contribution is 0.196. The lowest BCUT2D eigenvalue weighted by Gasteiger charge is -2.24. The van der Waals surface area contributed by atoms with Crippen molar-refractivity contribution in [2.45, 2.75) is 77.4 Å². The topological polar surface area (TPSA) is 78.9 Å². The van der Waals surface area contributed by atoms with E-state index >= 15 is 0 Å². The molecule has 6 heteroatoms. The fourth-order valence-electron chi connectivity index (χ4n) is 3.43. The second-order valence-electron chi connectivity index (χ2n) is 8.28. The van der Waals surface area contributed by atoms with Gasteiger partial charge in [-0.2, -0.15) is 10.2 Å². The molecule has 0 bridgehead atoms. The van der Waals surface area contributed by atoms with E-state index in [2.05, 4.69) is 54.6 Å². The molecule has 2 aromatic rings. The second-order valence-corrected chi connectivity index (χ2v) is 8.28. The molecule has 0 spiro atoms. The van der Waals surface area contributed by atoms with Crippen LogP contribution in [0.2, 0.25) is 0 Å². The summed E-state index contributed by atoms with van der Waals surface area (Å²) in [7, 11) is 0. The van der Waals surface area contributed by atoms with Gasteiger partial charge in [0, 0.05) is 23.7 Å². The molecule has 0 amide bonds. The van der Waals surface area contributed by atoms with Crippen molar-refractivity contribution in [1.29, 1.82) is 0 Å². The van der Waals surface area contributed by atoms with E-state index in [9.17, 15) is 0 Å². The monoisotopic (exact) mass is 343 g/mol. The molecule has 1 aliphatic carbocycles. The zero-order valence-electron chi connectivity index (χ0n) is 15.9. The van der Waals surface area contributed by atoms with Gasteiger partial charge in [0.1, 0.15) is 11.9 Å². The number of hydrogen-bond acceptors (Lipinski definition) is 5. The number of aromatic nitrogens is 4. The lowest BCUT2D eigenvalue weighted by Crippen LogP contribution is -2.26. The predicted octanol–water partition coefficient (Wildman–Crippen LogP) is 3.85. The highest BCUT2D eigenvalue weighted by molar-refractivity contribution is 5.32. The van der Waals surface area contributed by atoms with Crippen LogP contribution in [0.5, 0.6) is 5.88 Å². The van der Waals surface area contributed by atoms with E-state index in [0.29, 0.717) is 23.5 Å². The molecule has 0 aromatic carbocycles. The molecule has 3 rings (SSSR count). The van der Waals surface area contributed by atoms with Crippen LogP contribution in [0.15, 0.2) is 18.2 Å². The van der Waals surface area contributed by atoms with Crippen molar-refractivity contribution in [2.24, 2.45) is 0 Å². The van der Waals surface area contributed by atoms with Gasteiger partial charge in [0.15, 0.2) is 0 Å². The molecule has 1 fully saturated rings. The highest BCUT2D eigenvalue weighted by Crippen LogP contribution is 2.38. The Morgan fingerprint density at radius 1 is 1.20 bits per heavy atom. The second kappa shape index (κ2) is 6.65. The van der Waals surface area contributed by atoms with Crippen molar-refractivity contribution in [1.82, 2.24) is 20.0 Å². The lowest BCUT2D eigenvalue weighted by atomic mass is 10.0. The first-order valence-corrected chi connectivity index (χ1v) is 9.10. The third kappa shape index (κ3) is 3.94. The summed E-state index contributed by atoms with van der Waals surface area (Å²) in [4.78, 5) is 0. The minimum atomic E-state index is -0.0793. The summed E-state index contributed by atoms with van der Waals surface area (Å²) < 4.78 is 8.12. The molecule has 2 atom stereocenters. The molecule has 2 aromatic heterocycles. The van der Waals surface area contributed by atoms with Gasteiger partial charge in [-0.25, -0.2) is 0 Å². The van der Waals surface area contributed by atoms with Crippen LogP contribution < -0.4 is 10.5 Å². The van der Waals surface area contributed by atoms with Crippen LogP contribution in [-0.2, 0) is 5.54 Å². The number of anilines is 1. The molecule has 1 saturated carbocycles. The average Bonchev–Trinajstić information content (AvgIpc) is 3.14. The molecular weight excluding hydrogens is 314 g/mol. The fourth-order valence-corrected chi connectivity index (χ4v) is 3.43. The Bertz CT molecular complexity index is 714. The molecule has 6 nitrogen and oxygen atoms in total. The van der Waals surface area contributed by atoms with Crippen LogP contribution in [-0.4, -0.2) is 26.1 Å². The Labute approximate surface area is 149 Å². The third-order valence-corrected chi connectivity index (χ3v) is 4.73. The highest BCUT2D eigenvalue weighted by atomic mass is 16.5. The Morgan fingerprint density at radius 3 is 2.56 bits per heavy atom. The Balaban J connectivity index is 1.68. The Hall–Kier alpha value is -2.11. The van der Waals surface area contributed by atoms with Gasteiger partial charge in [-0.05, 0) is 52.0 Å². The zero-order valence-corrected chi connectivity index (χ0v) is 15.9. The van der Waals surface area contributed by atoms with Crippen LogP contribution in [0.4, 0.5) is 5.82 Å². The number of rotatable bonds is 4. The molecule has 25 heavy (non-hydrogen) atoms. The molecule has 0 unspecified atom stereocenters. The molecule has 2 heterocycles. The molecule has 2 N–H and O–H groups in total. The van der Waals surface area contributed by atoms with Crippen LogP contribution >= 0.6 is 0 Å². The highest BCUT2D eigenvalue weighted by Gasteiger charge is 2.32. The van der Waals surface area contributed by atoms with E-state index < -0.39 is 0 Å². The maximum absolute atomic E-state index is 6.06. The smallest absolute Gasteiger partial charge is 0.233 e. The first-order valence-electron chi connectivity index (χ1n) is 9.10. The summed E-state index contributed by atoms with van der Waals surface area (Å²) in [6.45, 7) is 10.7. The minimum absolute atomic E-state index is 0.0793. The molecule has 0 radical (unpaired) electrons. The molecule has 1 aliphatic rings. The number of ether oxygens (including phenoxy) is 1. The van der Waals surface area contributed by atoms with Crippen molar-refractivity contribution in [3.63, 3.8) is 0 Å². The van der Waals surface area contributed by atoms with Gasteiger partial charge in [0.25, 0.3) is 0 Å². The average molecular weight is 343 g/mol. The van der Waals surface area contributed by atoms with E-state index in [4.69, 9.17) is 10.5 Å². The third-order valence-electron chi connectivity index (χ3n) is 4.73. The summed E-state index contributed by atoms with van der Waals surface area (Å²) >= 11 is 0. The predicted molar refractivity (Wildman–Crippen MR) is 98.8 cm³/mol. The maximum atomic E-state index is 6.06. The number of hydrogen-bond donors (Lipinski definition) is 1. The molecule has 136 valence electrons. The Morgan fingerprint density at radius 2 is 1.96 bits per heavy atom. The van der Waals surface area contributed by atoms with Gasteiger partial charge < -0.3 is 10.5 Å². The SMILES string of the molecule is CC(C)c1ccc(O[C@@H]2CC[C@H](c3cc(N)nn3C(C)(C)C)C2)nn1. The normalized spacial score (nSPS) is 21.0. The standard InChI is InChI=1S/C19H29N5O/c1-12(2)15-8-9-18(22-21-15)25-14-7-6-13(10-14)16-11-17(20)23-24(16)19(3,4)5/h8-9,11-14H,6-7,10H2,1-5H3,(H2,20,23)/t13-,14+/m0/s1. The van der Waals surface area contributed by atoms with Crippen molar-refractivity contribution >= 4 is 5.82 Å². The first kappa shape index (κ1) is 17.7. The molecule has 0 aliphatic heterocycles. The molecule has 0 saturated heterocycles. The molecular formula is C19H29N5O. The van der Waals surface area contributed by atoms with Gasteiger partial charge in [0.05, 0.1) is 11.2 Å². The summed E-state index contributed by atoms with van der Waals surface area (Å²) in [5.74, 6) is 1.99. The van der Waals surface area contributed by atoms with Crippen LogP contribution in [0.25, 0.3) is 0 Å². The summed E-state index contributed by atoms with van der Waals surface area (Å²) in [6, 6.07) is 5.93. The van der Waals surface area contributed by atoms with Crippen LogP contribution in [0.3, 0.4) is 0 Å². The maximum Gasteiger partial charge on any atom is 0.233 e. The largest absolute Gasteiger partial charge is 0.473 e. The number of nitrogens with zero attached hydrogens (tertiary/aromatic N) is 4. The van der Waals surface area contributed by atoms with E-state index in [1.54, 1.807) is 0 Å². The van der Waals surface area contributed by atoms with E-state index in [-0.39, 0.29) is 11.6 Å². The summed E-state index contributed by atoms with van der Waals surface area (Å²) in [5, 5.41) is 12.9. The number of nitrogen functional groups attached to an aromatic ring is 1. The van der Waals surface area contributed by atoms with Gasteiger partial charge in [0.2, 0.25) is 5.88 Å². The Kier molecular flexibility index (Phi) is 4.71. The summed E-state index contributed by atoms with van der Waals surface area (Å²) in [5.41, 5.74) is 8.07. The van der Waals surface area contributed by atoms with Crippen molar-refractivity contribution in [2.75, 3.05) is 5.73 Å².